The van der Waals surface area contributed by atoms with Crippen LogP contribution < -0.4 is 20.3 Å². The second kappa shape index (κ2) is 15.1. The molecule has 3 aromatic rings. The summed E-state index contributed by atoms with van der Waals surface area (Å²) in [7, 11) is 0. The monoisotopic (exact) mass is 794 g/mol. The number of benzene rings is 1. The van der Waals surface area contributed by atoms with Gasteiger partial charge in [0, 0.05) is 41.9 Å². The van der Waals surface area contributed by atoms with Gasteiger partial charge in [0.2, 0.25) is 5.88 Å². The molecule has 2 atom stereocenters. The molecule has 5 heterocycles. The lowest BCUT2D eigenvalue weighted by atomic mass is 9.96. The van der Waals surface area contributed by atoms with Gasteiger partial charge in [0.1, 0.15) is 41.0 Å². The SMILES string of the molecule is Cc1c(-c2cc3cc(NC(=O)OC4COC5(CCN(C(=O)OC(C)(C)C)C5)C4)ncc3c(NC(=O)OC(C)(C)C)c2F)cnc2c1N(C(=O)OC(C)(C)C)CCO2. The number of nitrogens with zero attached hydrogens (tertiary/aromatic N) is 4. The number of carbonyl (C=O) groups excluding carboxylic acids is 4. The van der Waals surface area contributed by atoms with Gasteiger partial charge < -0.3 is 33.3 Å². The van der Waals surface area contributed by atoms with Gasteiger partial charge in [-0.05, 0) is 98.7 Å². The number of hydrogen-bond donors (Lipinski definition) is 2. The normalized spacial score (nSPS) is 19.5. The van der Waals surface area contributed by atoms with Crippen molar-refractivity contribution in [3.05, 3.63) is 35.9 Å². The quantitative estimate of drug-likeness (QED) is 0.244. The highest BCUT2D eigenvalue weighted by atomic mass is 19.1. The summed E-state index contributed by atoms with van der Waals surface area (Å²) in [6, 6.07) is 3.05. The van der Waals surface area contributed by atoms with Gasteiger partial charge >= 0.3 is 24.4 Å². The van der Waals surface area contributed by atoms with Crippen LogP contribution in [0.4, 0.5) is 40.8 Å². The van der Waals surface area contributed by atoms with Crippen molar-refractivity contribution in [3.8, 4) is 17.0 Å². The molecule has 17 heteroatoms. The fraction of sp³-hybridized carbons (Fsp3) is 0.550. The average Bonchev–Trinajstić information content (AvgIpc) is 3.69. The van der Waals surface area contributed by atoms with Crippen LogP contribution in [0.3, 0.4) is 0 Å². The summed E-state index contributed by atoms with van der Waals surface area (Å²) in [5.74, 6) is -0.542. The molecule has 3 aliphatic rings. The number of likely N-dealkylation sites (tertiary alicyclic amines) is 1. The van der Waals surface area contributed by atoms with Crippen molar-refractivity contribution in [1.82, 2.24) is 14.9 Å². The zero-order valence-corrected chi connectivity index (χ0v) is 34.1. The van der Waals surface area contributed by atoms with Gasteiger partial charge in [-0.15, -0.1) is 0 Å². The summed E-state index contributed by atoms with van der Waals surface area (Å²) in [5.41, 5.74) is -2.04. The molecular weight excluding hydrogens is 743 g/mol. The fourth-order valence-corrected chi connectivity index (χ4v) is 6.95. The largest absolute Gasteiger partial charge is 0.474 e. The van der Waals surface area contributed by atoms with Crippen LogP contribution in [0.5, 0.6) is 5.88 Å². The second-order valence-electron chi connectivity index (χ2n) is 17.5. The minimum Gasteiger partial charge on any atom is -0.474 e. The maximum atomic E-state index is 16.8. The Morgan fingerprint density at radius 2 is 1.54 bits per heavy atom. The summed E-state index contributed by atoms with van der Waals surface area (Å²) in [6.45, 7) is 18.7. The number of amides is 4. The van der Waals surface area contributed by atoms with Crippen molar-refractivity contribution in [3.63, 3.8) is 0 Å². The third-order valence-corrected chi connectivity index (χ3v) is 9.23. The lowest BCUT2D eigenvalue weighted by Crippen LogP contribution is -2.42. The van der Waals surface area contributed by atoms with Gasteiger partial charge in [-0.3, -0.25) is 15.5 Å². The number of ether oxygens (including phenoxy) is 6. The summed E-state index contributed by atoms with van der Waals surface area (Å²) in [4.78, 5) is 63.9. The van der Waals surface area contributed by atoms with Gasteiger partial charge in [0.25, 0.3) is 0 Å². The van der Waals surface area contributed by atoms with E-state index in [1.165, 1.54) is 29.4 Å². The number of rotatable bonds is 4. The predicted octanol–water partition coefficient (Wildman–Crippen LogP) is 7.94. The summed E-state index contributed by atoms with van der Waals surface area (Å²) < 4.78 is 50.9. The number of hydrogen-bond acceptors (Lipinski definition) is 12. The number of carbonyl (C=O) groups is 4. The minimum absolute atomic E-state index is 0.0289. The second-order valence-corrected chi connectivity index (χ2v) is 17.5. The van der Waals surface area contributed by atoms with Crippen LogP contribution in [0.2, 0.25) is 0 Å². The molecule has 4 amide bonds. The van der Waals surface area contributed by atoms with Crippen LogP contribution >= 0.6 is 0 Å². The molecule has 2 fully saturated rings. The van der Waals surface area contributed by atoms with E-state index in [2.05, 4.69) is 20.6 Å². The van der Waals surface area contributed by atoms with E-state index in [0.29, 0.717) is 48.1 Å². The van der Waals surface area contributed by atoms with Crippen molar-refractivity contribution < 1.29 is 52.0 Å². The van der Waals surface area contributed by atoms with Crippen molar-refractivity contribution in [2.45, 2.75) is 111 Å². The highest BCUT2D eigenvalue weighted by molar-refractivity contribution is 6.05. The van der Waals surface area contributed by atoms with Crippen LogP contribution in [0.25, 0.3) is 21.9 Å². The molecule has 0 saturated carbocycles. The first kappa shape index (κ1) is 41.2. The maximum Gasteiger partial charge on any atom is 0.415 e. The van der Waals surface area contributed by atoms with E-state index in [1.807, 2.05) is 0 Å². The maximum absolute atomic E-state index is 16.8. The Morgan fingerprint density at radius 1 is 0.860 bits per heavy atom. The van der Waals surface area contributed by atoms with Crippen molar-refractivity contribution >= 4 is 52.3 Å². The lowest BCUT2D eigenvalue weighted by molar-refractivity contribution is -0.00145. The first-order chi connectivity index (χ1) is 26.5. The first-order valence-electron chi connectivity index (χ1n) is 18.8. The molecule has 16 nitrogen and oxygen atoms in total. The van der Waals surface area contributed by atoms with Gasteiger partial charge in [-0.1, -0.05) is 0 Å². The molecular formula is C40H51FN6O10. The fourth-order valence-electron chi connectivity index (χ4n) is 6.95. The lowest BCUT2D eigenvalue weighted by Gasteiger charge is -2.32. The zero-order valence-electron chi connectivity index (χ0n) is 34.1. The minimum atomic E-state index is -0.900. The zero-order chi connectivity index (χ0) is 41.7. The third-order valence-electron chi connectivity index (χ3n) is 9.23. The van der Waals surface area contributed by atoms with Crippen LogP contribution in [0.15, 0.2) is 24.5 Å². The average molecular weight is 795 g/mol. The molecule has 1 spiro atoms. The molecule has 2 unspecified atom stereocenters. The van der Waals surface area contributed by atoms with E-state index in [-0.39, 0.29) is 48.1 Å². The van der Waals surface area contributed by atoms with E-state index in [4.69, 9.17) is 28.4 Å². The van der Waals surface area contributed by atoms with Gasteiger partial charge in [0.05, 0.1) is 31.0 Å². The van der Waals surface area contributed by atoms with Crippen molar-refractivity contribution in [1.29, 1.82) is 0 Å². The number of pyridine rings is 2. The van der Waals surface area contributed by atoms with E-state index in [9.17, 15) is 19.2 Å². The highest BCUT2D eigenvalue weighted by Gasteiger charge is 2.48. The molecule has 0 bridgehead atoms. The van der Waals surface area contributed by atoms with Crippen LogP contribution in [-0.4, -0.2) is 101 Å². The van der Waals surface area contributed by atoms with E-state index in [1.54, 1.807) is 74.1 Å². The Kier molecular flexibility index (Phi) is 10.9. The van der Waals surface area contributed by atoms with Crippen molar-refractivity contribution in [2.24, 2.45) is 0 Å². The summed E-state index contributed by atoms with van der Waals surface area (Å²) in [5, 5.41) is 5.78. The number of nitrogens with one attached hydrogen (secondary N) is 2. The standard InChI is InChI=1S/C40H51FN6O10/c1-22-26(18-43-32-31(22)47(13-14-52-32)36(51)57-39(8,9)10)25-15-23-16-28(42-19-27(23)30(29(25)41)45-34(49)55-37(2,3)4)44-33(48)54-24-17-40(53-20-24)11-12-46(21-40)35(50)56-38(5,6)7/h15-16,18-19,24H,11-14,17,20-21H2,1-10H3,(H,45,49)(H,42,44,48). The molecule has 2 aromatic heterocycles. The van der Waals surface area contributed by atoms with Gasteiger partial charge in [0.15, 0.2) is 5.82 Å². The van der Waals surface area contributed by atoms with E-state index < -0.39 is 58.7 Å². The Bertz CT molecular complexity index is 2090. The number of aromatic nitrogens is 2. The smallest absolute Gasteiger partial charge is 0.415 e. The molecule has 1 aromatic carbocycles. The van der Waals surface area contributed by atoms with Crippen LogP contribution in [0.1, 0.15) is 80.7 Å². The molecule has 0 radical (unpaired) electrons. The Labute approximate surface area is 330 Å². The van der Waals surface area contributed by atoms with E-state index in [0.717, 1.165) is 0 Å². The van der Waals surface area contributed by atoms with E-state index >= 15 is 4.39 Å². The molecule has 57 heavy (non-hydrogen) atoms. The molecule has 308 valence electrons. The summed E-state index contributed by atoms with van der Waals surface area (Å²) in [6.07, 6.45) is 0.399. The Hall–Kier alpha value is -5.45. The first-order valence-corrected chi connectivity index (χ1v) is 18.8. The molecule has 0 aliphatic carbocycles. The molecule has 6 rings (SSSR count). The van der Waals surface area contributed by atoms with Gasteiger partial charge in [-0.2, -0.15) is 0 Å². The number of halogens is 1. The Morgan fingerprint density at radius 3 is 2.23 bits per heavy atom. The van der Waals surface area contributed by atoms with Crippen molar-refractivity contribution in [2.75, 3.05) is 48.4 Å². The molecule has 3 aliphatic heterocycles. The van der Waals surface area contributed by atoms with Gasteiger partial charge in [-0.25, -0.2) is 33.5 Å². The topological polar surface area (TPSA) is 180 Å². The highest BCUT2D eigenvalue weighted by Crippen LogP contribution is 2.43. The third kappa shape index (κ3) is 9.58. The molecule has 2 saturated heterocycles. The Balaban J connectivity index is 1.28. The molecule has 2 N–H and O–H groups in total. The number of fused-ring (bicyclic) bond motifs is 2. The van der Waals surface area contributed by atoms with Crippen LogP contribution in [0, 0.1) is 12.7 Å². The number of anilines is 3. The summed E-state index contributed by atoms with van der Waals surface area (Å²) >= 11 is 0. The predicted molar refractivity (Wildman–Crippen MR) is 208 cm³/mol. The van der Waals surface area contributed by atoms with Crippen LogP contribution in [-0.2, 0) is 23.7 Å².